The molecule has 2 rings (SSSR count). The maximum atomic E-state index is 12.4. The van der Waals surface area contributed by atoms with E-state index >= 15 is 0 Å². The Morgan fingerprint density at radius 1 is 1.20 bits per heavy atom. The summed E-state index contributed by atoms with van der Waals surface area (Å²) in [6.07, 6.45) is 1.60. The summed E-state index contributed by atoms with van der Waals surface area (Å²) in [5.41, 5.74) is 1.90. The van der Waals surface area contributed by atoms with Crippen LogP contribution in [0.4, 0.5) is 0 Å². The van der Waals surface area contributed by atoms with E-state index in [9.17, 15) is 9.59 Å². The van der Waals surface area contributed by atoms with Gasteiger partial charge in [-0.25, -0.2) is 0 Å². The molecule has 1 aromatic rings. The van der Waals surface area contributed by atoms with Crippen LogP contribution in [0.15, 0.2) is 24.3 Å². The number of rotatable bonds is 4. The molecule has 1 aliphatic rings. The number of amides is 1. The van der Waals surface area contributed by atoms with Crippen LogP contribution in [0.3, 0.4) is 0 Å². The van der Waals surface area contributed by atoms with Crippen LogP contribution in [0, 0.1) is 12.8 Å². The first-order valence-electron chi connectivity index (χ1n) is 7.11. The second-order valence-electron chi connectivity index (χ2n) is 5.36. The number of aliphatic hydroxyl groups is 1. The second-order valence-corrected chi connectivity index (χ2v) is 5.36. The van der Waals surface area contributed by atoms with Gasteiger partial charge < -0.3 is 10.0 Å². The Labute approximate surface area is 119 Å². The molecular weight excluding hydrogens is 254 g/mol. The van der Waals surface area contributed by atoms with Gasteiger partial charge in [-0.05, 0) is 19.8 Å². The maximum Gasteiger partial charge on any atom is 0.224 e. The van der Waals surface area contributed by atoms with Crippen molar-refractivity contribution in [3.8, 4) is 0 Å². The lowest BCUT2D eigenvalue weighted by Crippen LogP contribution is -2.40. The third-order valence-corrected chi connectivity index (χ3v) is 3.88. The molecule has 0 atom stereocenters. The number of carbonyl (C=O) groups excluding carboxylic acids is 2. The van der Waals surface area contributed by atoms with E-state index in [4.69, 9.17) is 5.11 Å². The average molecular weight is 275 g/mol. The van der Waals surface area contributed by atoms with Gasteiger partial charge in [0.1, 0.15) is 0 Å². The highest BCUT2D eigenvalue weighted by Gasteiger charge is 2.27. The van der Waals surface area contributed by atoms with Gasteiger partial charge in [-0.15, -0.1) is 0 Å². The predicted octanol–water partition coefficient (Wildman–Crippen LogP) is 1.80. The molecule has 108 valence electrons. The molecular formula is C16H21NO3. The minimum atomic E-state index is -0.110. The molecule has 0 unspecified atom stereocenters. The average Bonchev–Trinajstić information content (AvgIpc) is 2.48. The zero-order valence-electron chi connectivity index (χ0n) is 11.8. The molecule has 20 heavy (non-hydrogen) atoms. The summed E-state index contributed by atoms with van der Waals surface area (Å²) in [4.78, 5) is 25.8. The molecule has 1 heterocycles. The number of Topliss-reactive ketones (excluding diaryl/α,β-unsaturated/α-hetero) is 1. The van der Waals surface area contributed by atoms with E-state index in [-0.39, 0.29) is 30.6 Å². The number of aryl methyl sites for hydroxylation is 1. The molecule has 1 aromatic carbocycles. The smallest absolute Gasteiger partial charge is 0.224 e. The van der Waals surface area contributed by atoms with E-state index < -0.39 is 0 Å². The third kappa shape index (κ3) is 3.45. The summed E-state index contributed by atoms with van der Waals surface area (Å²) in [7, 11) is 0. The Morgan fingerprint density at radius 3 is 2.35 bits per heavy atom. The molecule has 1 saturated heterocycles. The molecule has 1 N–H and O–H groups in total. The van der Waals surface area contributed by atoms with Gasteiger partial charge in [-0.3, -0.25) is 9.59 Å². The molecule has 0 radical (unpaired) electrons. The lowest BCUT2D eigenvalue weighted by atomic mass is 9.88. The number of hydrogen-bond acceptors (Lipinski definition) is 3. The molecule has 1 amide bonds. The van der Waals surface area contributed by atoms with Gasteiger partial charge in [-0.2, -0.15) is 0 Å². The Bertz CT molecular complexity index is 473. The van der Waals surface area contributed by atoms with Crippen molar-refractivity contribution in [2.24, 2.45) is 5.92 Å². The Morgan fingerprint density at radius 2 is 1.80 bits per heavy atom. The van der Waals surface area contributed by atoms with Crippen molar-refractivity contribution < 1.29 is 14.7 Å². The first kappa shape index (κ1) is 14.7. The first-order chi connectivity index (χ1) is 9.61. The van der Waals surface area contributed by atoms with E-state index in [0.29, 0.717) is 25.9 Å². The Balaban J connectivity index is 1.92. The van der Waals surface area contributed by atoms with Gasteiger partial charge in [-0.1, -0.05) is 29.8 Å². The zero-order valence-corrected chi connectivity index (χ0v) is 11.8. The highest BCUT2D eigenvalue weighted by Crippen LogP contribution is 2.22. The minimum Gasteiger partial charge on any atom is -0.396 e. The molecule has 0 aromatic heterocycles. The summed E-state index contributed by atoms with van der Waals surface area (Å²) in [5, 5.41) is 8.78. The monoisotopic (exact) mass is 275 g/mol. The van der Waals surface area contributed by atoms with Crippen LogP contribution >= 0.6 is 0 Å². The fraction of sp³-hybridized carbons (Fsp3) is 0.500. The van der Waals surface area contributed by atoms with Crippen LogP contribution in [0.5, 0.6) is 0 Å². The van der Waals surface area contributed by atoms with Crippen molar-refractivity contribution in [1.82, 2.24) is 4.90 Å². The van der Waals surface area contributed by atoms with E-state index in [1.165, 1.54) is 0 Å². The molecule has 0 spiro atoms. The number of hydrogen-bond donors (Lipinski definition) is 1. The number of aliphatic hydroxyl groups excluding tert-OH is 1. The predicted molar refractivity (Wildman–Crippen MR) is 76.5 cm³/mol. The van der Waals surface area contributed by atoms with Crippen LogP contribution in [0.1, 0.15) is 35.2 Å². The number of benzene rings is 1. The molecule has 4 heteroatoms. The molecule has 0 saturated carbocycles. The van der Waals surface area contributed by atoms with Crippen LogP contribution in [-0.4, -0.2) is 41.4 Å². The van der Waals surface area contributed by atoms with Crippen LogP contribution in [0.25, 0.3) is 0 Å². The quantitative estimate of drug-likeness (QED) is 0.852. The van der Waals surface area contributed by atoms with Crippen molar-refractivity contribution in [3.63, 3.8) is 0 Å². The molecule has 0 bridgehead atoms. The van der Waals surface area contributed by atoms with Crippen molar-refractivity contribution in [2.75, 3.05) is 19.7 Å². The highest BCUT2D eigenvalue weighted by atomic mass is 16.3. The number of carbonyl (C=O) groups is 2. The van der Waals surface area contributed by atoms with Crippen molar-refractivity contribution in [1.29, 1.82) is 0 Å². The zero-order chi connectivity index (χ0) is 14.5. The number of ketones is 1. The number of piperidine rings is 1. The van der Waals surface area contributed by atoms with Crippen molar-refractivity contribution in [3.05, 3.63) is 35.4 Å². The molecule has 1 aliphatic heterocycles. The number of nitrogens with zero attached hydrogens (tertiary/aromatic N) is 1. The van der Waals surface area contributed by atoms with E-state index in [0.717, 1.165) is 11.1 Å². The summed E-state index contributed by atoms with van der Waals surface area (Å²) in [6, 6.07) is 7.65. The van der Waals surface area contributed by atoms with Gasteiger partial charge >= 0.3 is 0 Å². The van der Waals surface area contributed by atoms with Crippen LogP contribution < -0.4 is 0 Å². The maximum absolute atomic E-state index is 12.4. The highest BCUT2D eigenvalue weighted by molar-refractivity contribution is 5.98. The second kappa shape index (κ2) is 6.66. The van der Waals surface area contributed by atoms with E-state index in [1.54, 1.807) is 4.90 Å². The fourth-order valence-electron chi connectivity index (χ4n) is 2.60. The summed E-state index contributed by atoms with van der Waals surface area (Å²) in [5.74, 6) is 0.170. The standard InChI is InChI=1S/C16H21NO3/c1-12-2-4-13(5-3-12)16(20)14-6-9-17(10-7-14)15(19)8-11-18/h2-5,14,18H,6-11H2,1H3. The molecule has 4 nitrogen and oxygen atoms in total. The summed E-state index contributed by atoms with van der Waals surface area (Å²) >= 11 is 0. The first-order valence-corrected chi connectivity index (χ1v) is 7.11. The lowest BCUT2D eigenvalue weighted by Gasteiger charge is -2.31. The number of likely N-dealkylation sites (tertiary alicyclic amines) is 1. The van der Waals surface area contributed by atoms with Crippen LogP contribution in [-0.2, 0) is 4.79 Å². The molecule has 0 aliphatic carbocycles. The van der Waals surface area contributed by atoms with Gasteiger partial charge in [0.05, 0.1) is 6.61 Å². The minimum absolute atomic E-state index is 0.0101. The Hall–Kier alpha value is -1.68. The van der Waals surface area contributed by atoms with Gasteiger partial charge in [0.2, 0.25) is 5.91 Å². The lowest BCUT2D eigenvalue weighted by molar-refractivity contribution is -0.133. The topological polar surface area (TPSA) is 57.6 Å². The van der Waals surface area contributed by atoms with Crippen LogP contribution in [0.2, 0.25) is 0 Å². The third-order valence-electron chi connectivity index (χ3n) is 3.88. The molecule has 1 fully saturated rings. The normalized spacial score (nSPS) is 16.2. The van der Waals surface area contributed by atoms with Gasteiger partial charge in [0.15, 0.2) is 5.78 Å². The van der Waals surface area contributed by atoms with Gasteiger partial charge in [0.25, 0.3) is 0 Å². The van der Waals surface area contributed by atoms with Gasteiger partial charge in [0, 0.05) is 31.0 Å². The Kier molecular flexibility index (Phi) is 4.90. The van der Waals surface area contributed by atoms with Crippen molar-refractivity contribution in [2.45, 2.75) is 26.2 Å². The summed E-state index contributed by atoms with van der Waals surface area (Å²) < 4.78 is 0. The van der Waals surface area contributed by atoms with E-state index in [2.05, 4.69) is 0 Å². The SMILES string of the molecule is Cc1ccc(C(=O)C2CCN(C(=O)CCO)CC2)cc1. The van der Waals surface area contributed by atoms with Crippen molar-refractivity contribution >= 4 is 11.7 Å². The van der Waals surface area contributed by atoms with E-state index in [1.807, 2.05) is 31.2 Å². The summed E-state index contributed by atoms with van der Waals surface area (Å²) in [6.45, 7) is 3.11. The fourth-order valence-corrected chi connectivity index (χ4v) is 2.60. The largest absolute Gasteiger partial charge is 0.396 e.